The number of unbranched alkanes of at least 4 members (excludes halogenated alkanes) is 31. The number of aliphatic hydroxyl groups is 2. The molecule has 2 atom stereocenters. The maximum atomic E-state index is 12.4. The van der Waals surface area contributed by atoms with E-state index >= 15 is 0 Å². The van der Waals surface area contributed by atoms with Gasteiger partial charge < -0.3 is 15.5 Å². The van der Waals surface area contributed by atoms with E-state index in [9.17, 15) is 15.0 Å². The summed E-state index contributed by atoms with van der Waals surface area (Å²) in [5.41, 5.74) is 0. The second kappa shape index (κ2) is 46.7. The molecule has 0 saturated heterocycles. The van der Waals surface area contributed by atoms with Crippen LogP contribution in [-0.4, -0.2) is 34.9 Å². The smallest absolute Gasteiger partial charge is 0.220 e. The van der Waals surface area contributed by atoms with Crippen LogP contribution in [0.5, 0.6) is 0 Å². The maximum absolute atomic E-state index is 12.4. The summed E-state index contributed by atoms with van der Waals surface area (Å²) in [7, 11) is 0. The minimum Gasteiger partial charge on any atom is -0.394 e. The van der Waals surface area contributed by atoms with Gasteiger partial charge in [0.15, 0.2) is 0 Å². The monoisotopic (exact) mass is 770 g/mol. The minimum atomic E-state index is -0.869. The van der Waals surface area contributed by atoms with E-state index in [1.54, 1.807) is 6.08 Å². The summed E-state index contributed by atoms with van der Waals surface area (Å²) in [6.45, 7) is 4.27. The van der Waals surface area contributed by atoms with Crippen molar-refractivity contribution in [2.45, 2.75) is 264 Å². The molecule has 322 valence electrons. The minimum absolute atomic E-state index is 0.0875. The highest BCUT2D eigenvalue weighted by atomic mass is 16.3. The van der Waals surface area contributed by atoms with Crippen molar-refractivity contribution in [3.63, 3.8) is 0 Å². The second-order valence-electron chi connectivity index (χ2n) is 16.5. The first-order valence-electron chi connectivity index (χ1n) is 24.4. The van der Waals surface area contributed by atoms with Crippen LogP contribution in [0.4, 0.5) is 0 Å². The van der Waals surface area contributed by atoms with E-state index in [0.29, 0.717) is 6.42 Å². The Morgan fingerprint density at radius 3 is 1.20 bits per heavy atom. The fourth-order valence-corrected chi connectivity index (χ4v) is 7.28. The first-order chi connectivity index (χ1) is 27.2. The molecule has 0 bridgehead atoms. The summed E-state index contributed by atoms with van der Waals surface area (Å²) in [5, 5.41) is 23.0. The summed E-state index contributed by atoms with van der Waals surface area (Å²) in [5.74, 6) is -0.0875. The Bertz CT molecular complexity index is 877. The summed E-state index contributed by atoms with van der Waals surface area (Å²) < 4.78 is 0. The van der Waals surface area contributed by atoms with Crippen LogP contribution in [-0.2, 0) is 4.79 Å². The third-order valence-corrected chi connectivity index (χ3v) is 11.0. The second-order valence-corrected chi connectivity index (χ2v) is 16.5. The van der Waals surface area contributed by atoms with Crippen LogP contribution in [0.3, 0.4) is 0 Å². The van der Waals surface area contributed by atoms with Crippen molar-refractivity contribution in [2.75, 3.05) is 6.61 Å². The summed E-state index contributed by atoms with van der Waals surface area (Å²) >= 11 is 0. The molecule has 2 unspecified atom stereocenters. The van der Waals surface area contributed by atoms with Gasteiger partial charge in [0.1, 0.15) is 0 Å². The third-order valence-electron chi connectivity index (χ3n) is 11.0. The van der Waals surface area contributed by atoms with E-state index in [4.69, 9.17) is 0 Å². The van der Waals surface area contributed by atoms with Crippen molar-refractivity contribution < 1.29 is 15.0 Å². The number of rotatable bonds is 44. The SMILES string of the molecule is CCCCC/C=C\C/C=C\CCCCCCCC(=O)NC(CO)C(O)/C=C/CC/C=C/CCCCCCCCCCCCCCCCCCCCCCCC. The van der Waals surface area contributed by atoms with Gasteiger partial charge in [0.25, 0.3) is 0 Å². The zero-order chi connectivity index (χ0) is 40.0. The number of aliphatic hydroxyl groups excluding tert-OH is 2. The molecule has 0 aliphatic heterocycles. The van der Waals surface area contributed by atoms with Crippen molar-refractivity contribution in [1.82, 2.24) is 5.32 Å². The highest BCUT2D eigenvalue weighted by molar-refractivity contribution is 5.76. The molecule has 3 N–H and O–H groups in total. The number of allylic oxidation sites excluding steroid dienone is 7. The molecule has 0 aromatic rings. The van der Waals surface area contributed by atoms with Crippen LogP contribution in [0.25, 0.3) is 0 Å². The Morgan fingerprint density at radius 1 is 0.436 bits per heavy atom. The number of nitrogens with one attached hydrogen (secondary N) is 1. The molecule has 0 fully saturated rings. The molecular weight excluding hydrogens is 675 g/mol. The Labute approximate surface area is 344 Å². The van der Waals surface area contributed by atoms with Gasteiger partial charge in [-0.05, 0) is 64.2 Å². The molecule has 4 heteroatoms. The lowest BCUT2D eigenvalue weighted by Gasteiger charge is -2.19. The van der Waals surface area contributed by atoms with Crippen LogP contribution in [0.1, 0.15) is 251 Å². The van der Waals surface area contributed by atoms with Gasteiger partial charge in [0, 0.05) is 6.42 Å². The van der Waals surface area contributed by atoms with Gasteiger partial charge in [0.05, 0.1) is 18.8 Å². The lowest BCUT2D eigenvalue weighted by molar-refractivity contribution is -0.123. The van der Waals surface area contributed by atoms with E-state index in [0.717, 1.165) is 51.4 Å². The lowest BCUT2D eigenvalue weighted by Crippen LogP contribution is -2.45. The number of amides is 1. The molecule has 1 amide bonds. The molecule has 55 heavy (non-hydrogen) atoms. The van der Waals surface area contributed by atoms with E-state index in [-0.39, 0.29) is 12.5 Å². The van der Waals surface area contributed by atoms with Gasteiger partial charge in [-0.15, -0.1) is 0 Å². The van der Waals surface area contributed by atoms with Crippen molar-refractivity contribution in [1.29, 1.82) is 0 Å². The number of carbonyl (C=O) groups is 1. The molecular formula is C51H95NO3. The third kappa shape index (κ3) is 43.3. The first-order valence-corrected chi connectivity index (χ1v) is 24.4. The molecule has 4 nitrogen and oxygen atoms in total. The fourth-order valence-electron chi connectivity index (χ4n) is 7.28. The van der Waals surface area contributed by atoms with Gasteiger partial charge in [0.2, 0.25) is 5.91 Å². The van der Waals surface area contributed by atoms with Crippen LogP contribution >= 0.6 is 0 Å². The van der Waals surface area contributed by atoms with Crippen LogP contribution < -0.4 is 5.32 Å². The quantitative estimate of drug-likeness (QED) is 0.0427. The summed E-state index contributed by atoms with van der Waals surface area (Å²) in [6, 6.07) is -0.647. The predicted molar refractivity (Wildman–Crippen MR) is 244 cm³/mol. The molecule has 0 rings (SSSR count). The zero-order valence-corrected chi connectivity index (χ0v) is 36.9. The van der Waals surface area contributed by atoms with Crippen LogP contribution in [0.15, 0.2) is 48.6 Å². The van der Waals surface area contributed by atoms with Gasteiger partial charge >= 0.3 is 0 Å². The van der Waals surface area contributed by atoms with E-state index < -0.39 is 12.1 Å². The van der Waals surface area contributed by atoms with Gasteiger partial charge in [-0.25, -0.2) is 0 Å². The Hall–Kier alpha value is -1.65. The number of hydrogen-bond donors (Lipinski definition) is 3. The van der Waals surface area contributed by atoms with Crippen LogP contribution in [0.2, 0.25) is 0 Å². The largest absolute Gasteiger partial charge is 0.394 e. The zero-order valence-electron chi connectivity index (χ0n) is 36.9. The normalized spacial score (nSPS) is 13.3. The highest BCUT2D eigenvalue weighted by Crippen LogP contribution is 2.16. The van der Waals surface area contributed by atoms with Crippen LogP contribution in [0, 0.1) is 0 Å². The van der Waals surface area contributed by atoms with E-state index in [1.165, 1.54) is 180 Å². The van der Waals surface area contributed by atoms with Gasteiger partial charge in [-0.2, -0.15) is 0 Å². The molecule has 0 aromatic carbocycles. The average molecular weight is 770 g/mol. The maximum Gasteiger partial charge on any atom is 0.220 e. The molecule has 0 saturated carbocycles. The standard InChI is InChI=1S/C51H95NO3/c1-3-5-7-9-11-13-15-17-19-20-21-22-23-24-25-26-27-28-29-30-31-33-34-36-38-40-42-44-46-50(54)49(48-53)52-51(55)47-45-43-41-39-37-35-32-18-16-14-12-10-8-6-4-2/h12,14,18,32,36,38,44,46,49-50,53-54H,3-11,13,15-17,19-31,33-35,37,39-43,45,47-48H2,1-2H3,(H,52,55)/b14-12-,32-18-,38-36+,46-44+. The Morgan fingerprint density at radius 2 is 0.764 bits per heavy atom. The van der Waals surface area contributed by atoms with E-state index in [1.807, 2.05) is 6.08 Å². The lowest BCUT2D eigenvalue weighted by atomic mass is 10.0. The first kappa shape index (κ1) is 53.4. The Balaban J connectivity index is 3.55. The molecule has 0 radical (unpaired) electrons. The predicted octanol–water partition coefficient (Wildman–Crippen LogP) is 15.5. The van der Waals surface area contributed by atoms with Gasteiger partial charge in [-0.1, -0.05) is 229 Å². The molecule has 0 aliphatic carbocycles. The van der Waals surface area contributed by atoms with Crippen molar-refractivity contribution in [2.24, 2.45) is 0 Å². The molecule has 0 aromatic heterocycles. The van der Waals surface area contributed by atoms with E-state index in [2.05, 4.69) is 55.6 Å². The summed E-state index contributed by atoms with van der Waals surface area (Å²) in [4.78, 5) is 12.4. The van der Waals surface area contributed by atoms with Crippen molar-refractivity contribution >= 4 is 5.91 Å². The van der Waals surface area contributed by atoms with Gasteiger partial charge in [-0.3, -0.25) is 4.79 Å². The Kier molecular flexibility index (Phi) is 45.3. The molecule has 0 aliphatic rings. The number of hydrogen-bond acceptors (Lipinski definition) is 3. The fraction of sp³-hybridized carbons (Fsp3) is 0.824. The highest BCUT2D eigenvalue weighted by Gasteiger charge is 2.17. The molecule has 0 spiro atoms. The van der Waals surface area contributed by atoms with Crippen molar-refractivity contribution in [3.8, 4) is 0 Å². The van der Waals surface area contributed by atoms with Crippen molar-refractivity contribution in [3.05, 3.63) is 48.6 Å². The number of carbonyl (C=O) groups excluding carboxylic acids is 1. The topological polar surface area (TPSA) is 69.6 Å². The summed E-state index contributed by atoms with van der Waals surface area (Å²) in [6.07, 6.45) is 63.9. The molecule has 0 heterocycles. The average Bonchev–Trinajstić information content (AvgIpc) is 3.19.